The van der Waals surface area contributed by atoms with Crippen molar-refractivity contribution in [2.45, 2.75) is 17.9 Å². The summed E-state index contributed by atoms with van der Waals surface area (Å²) in [6, 6.07) is 4.47. The first-order valence-electron chi connectivity index (χ1n) is 6.03. The number of hydrogen-bond acceptors (Lipinski definition) is 4. The summed E-state index contributed by atoms with van der Waals surface area (Å²) in [5, 5.41) is 13.3. The van der Waals surface area contributed by atoms with Gasteiger partial charge in [0, 0.05) is 24.4 Å². The van der Waals surface area contributed by atoms with Gasteiger partial charge in [-0.3, -0.25) is 9.40 Å². The van der Waals surface area contributed by atoms with Crippen LogP contribution in [0.15, 0.2) is 35.5 Å². The van der Waals surface area contributed by atoms with Crippen molar-refractivity contribution < 1.29 is 13.5 Å². The first-order chi connectivity index (χ1) is 9.92. The van der Waals surface area contributed by atoms with Crippen molar-refractivity contribution in [2.75, 3.05) is 11.3 Å². The second kappa shape index (κ2) is 6.65. The summed E-state index contributed by atoms with van der Waals surface area (Å²) in [5.41, 5.74) is 0.240. The van der Waals surface area contributed by atoms with E-state index >= 15 is 0 Å². The molecule has 2 rings (SSSR count). The van der Waals surface area contributed by atoms with Crippen molar-refractivity contribution in [3.63, 3.8) is 0 Å². The molecule has 0 unspecified atom stereocenters. The molecular formula is C12H13Cl2N3O3S. The molecule has 0 saturated heterocycles. The molecule has 0 aliphatic heterocycles. The van der Waals surface area contributed by atoms with Gasteiger partial charge < -0.3 is 5.11 Å². The maximum Gasteiger partial charge on any atom is 0.265 e. The molecule has 0 fully saturated rings. The molecule has 2 aromatic rings. The molecule has 21 heavy (non-hydrogen) atoms. The second-order valence-corrected chi connectivity index (χ2v) is 6.77. The van der Waals surface area contributed by atoms with Crippen molar-refractivity contribution in [1.29, 1.82) is 0 Å². The minimum absolute atomic E-state index is 0.0145. The van der Waals surface area contributed by atoms with Crippen LogP contribution >= 0.6 is 23.2 Å². The number of nitrogens with zero attached hydrogens (tertiary/aromatic N) is 2. The summed E-state index contributed by atoms with van der Waals surface area (Å²) in [5.74, 6) is 0. The number of aryl methyl sites for hydroxylation is 1. The normalized spacial score (nSPS) is 11.6. The van der Waals surface area contributed by atoms with Gasteiger partial charge in [0.25, 0.3) is 10.0 Å². The Balaban J connectivity index is 2.19. The molecule has 0 radical (unpaired) electrons. The number of hydrogen-bond donors (Lipinski definition) is 2. The van der Waals surface area contributed by atoms with Crippen LogP contribution in [0.25, 0.3) is 0 Å². The summed E-state index contributed by atoms with van der Waals surface area (Å²) in [7, 11) is -3.78. The van der Waals surface area contributed by atoms with E-state index in [1.54, 1.807) is 0 Å². The lowest BCUT2D eigenvalue weighted by Crippen LogP contribution is -2.12. The van der Waals surface area contributed by atoms with Crippen LogP contribution in [-0.2, 0) is 16.6 Å². The lowest BCUT2D eigenvalue weighted by Gasteiger charge is -2.08. The van der Waals surface area contributed by atoms with Gasteiger partial charge in [0.05, 0.1) is 16.9 Å². The first kappa shape index (κ1) is 16.1. The Hall–Kier alpha value is -1.28. The molecule has 6 nitrogen and oxygen atoms in total. The Labute approximate surface area is 132 Å². The van der Waals surface area contributed by atoms with E-state index in [9.17, 15) is 8.42 Å². The topological polar surface area (TPSA) is 84.2 Å². The SMILES string of the molecule is O=S(=O)(Nc1ccc(Cl)cc1Cl)c1cnn(CCCO)c1. The zero-order chi connectivity index (χ0) is 15.5. The maximum atomic E-state index is 12.2. The molecule has 1 aromatic carbocycles. The molecule has 2 N–H and O–H groups in total. The molecule has 0 spiro atoms. The van der Waals surface area contributed by atoms with E-state index in [4.69, 9.17) is 28.3 Å². The van der Waals surface area contributed by atoms with Crippen LogP contribution < -0.4 is 4.72 Å². The molecule has 0 amide bonds. The number of aliphatic hydroxyl groups excluding tert-OH is 1. The summed E-state index contributed by atoms with van der Waals surface area (Å²) >= 11 is 11.7. The number of halogens is 2. The van der Waals surface area contributed by atoms with Crippen LogP contribution in [0.3, 0.4) is 0 Å². The number of rotatable bonds is 6. The molecule has 1 heterocycles. The van der Waals surface area contributed by atoms with Crippen LogP contribution in [0, 0.1) is 0 Å². The highest BCUT2D eigenvalue weighted by atomic mass is 35.5. The van der Waals surface area contributed by atoms with Gasteiger partial charge in [0.2, 0.25) is 0 Å². The van der Waals surface area contributed by atoms with Gasteiger partial charge in [-0.05, 0) is 24.6 Å². The molecule has 114 valence electrons. The van der Waals surface area contributed by atoms with Gasteiger partial charge in [-0.25, -0.2) is 8.42 Å². The molecule has 0 saturated carbocycles. The van der Waals surface area contributed by atoms with Crippen molar-refractivity contribution in [1.82, 2.24) is 9.78 Å². The number of anilines is 1. The van der Waals surface area contributed by atoms with Crippen molar-refractivity contribution in [3.05, 3.63) is 40.6 Å². The van der Waals surface area contributed by atoms with E-state index in [2.05, 4.69) is 9.82 Å². The van der Waals surface area contributed by atoms with Crippen molar-refractivity contribution >= 4 is 38.9 Å². The smallest absolute Gasteiger partial charge is 0.265 e. The third-order valence-electron chi connectivity index (χ3n) is 2.64. The van der Waals surface area contributed by atoms with Gasteiger partial charge in [-0.15, -0.1) is 0 Å². The highest BCUT2D eigenvalue weighted by molar-refractivity contribution is 7.92. The third kappa shape index (κ3) is 4.10. The summed E-state index contributed by atoms with van der Waals surface area (Å²) in [4.78, 5) is 0.0199. The van der Waals surface area contributed by atoms with Gasteiger partial charge in [0.15, 0.2) is 0 Å². The summed E-state index contributed by atoms with van der Waals surface area (Å²) < 4.78 is 28.3. The minimum atomic E-state index is -3.78. The predicted molar refractivity (Wildman–Crippen MR) is 81.2 cm³/mol. The summed E-state index contributed by atoms with van der Waals surface area (Å²) in [6.07, 6.45) is 3.13. The maximum absolute atomic E-state index is 12.2. The zero-order valence-corrected chi connectivity index (χ0v) is 13.2. The number of aromatic nitrogens is 2. The van der Waals surface area contributed by atoms with Crippen LogP contribution in [0.5, 0.6) is 0 Å². The minimum Gasteiger partial charge on any atom is -0.396 e. The standard InChI is InChI=1S/C12H13Cl2N3O3S/c13-9-2-3-12(11(14)6-9)16-21(19,20)10-7-15-17(8-10)4-1-5-18/h2-3,6-8,16,18H,1,4-5H2. The van der Waals surface area contributed by atoms with Gasteiger partial charge in [-0.1, -0.05) is 23.2 Å². The molecule has 1 aromatic heterocycles. The van der Waals surface area contributed by atoms with Crippen LogP contribution in [0.2, 0.25) is 10.0 Å². The van der Waals surface area contributed by atoms with Gasteiger partial charge in [-0.2, -0.15) is 5.10 Å². The van der Waals surface area contributed by atoms with E-state index in [1.807, 2.05) is 0 Å². The molecule has 0 atom stereocenters. The second-order valence-electron chi connectivity index (χ2n) is 4.25. The molecular weight excluding hydrogens is 337 g/mol. The van der Waals surface area contributed by atoms with Gasteiger partial charge in [0.1, 0.15) is 4.90 Å². The quantitative estimate of drug-likeness (QED) is 0.838. The predicted octanol–water partition coefficient (Wildman–Crippen LogP) is 2.37. The zero-order valence-electron chi connectivity index (χ0n) is 10.8. The summed E-state index contributed by atoms with van der Waals surface area (Å²) in [6.45, 7) is 0.453. The first-order valence-corrected chi connectivity index (χ1v) is 8.27. The lowest BCUT2D eigenvalue weighted by atomic mass is 10.3. The third-order valence-corrected chi connectivity index (χ3v) is 4.51. The molecule has 0 bridgehead atoms. The highest BCUT2D eigenvalue weighted by Crippen LogP contribution is 2.27. The Morgan fingerprint density at radius 1 is 1.33 bits per heavy atom. The lowest BCUT2D eigenvalue weighted by molar-refractivity contribution is 0.277. The fourth-order valence-corrected chi connectivity index (χ4v) is 3.16. The molecule has 0 aliphatic carbocycles. The van der Waals surface area contributed by atoms with Crippen molar-refractivity contribution in [2.24, 2.45) is 0 Å². The average Bonchev–Trinajstić information content (AvgIpc) is 2.89. The highest BCUT2D eigenvalue weighted by Gasteiger charge is 2.18. The van der Waals surface area contributed by atoms with E-state index in [1.165, 1.54) is 35.3 Å². The Kier molecular flexibility index (Phi) is 5.10. The van der Waals surface area contributed by atoms with Gasteiger partial charge >= 0.3 is 0 Å². The van der Waals surface area contributed by atoms with E-state index in [0.29, 0.717) is 18.0 Å². The Bertz CT molecular complexity index is 731. The Morgan fingerprint density at radius 3 is 2.76 bits per heavy atom. The van der Waals surface area contributed by atoms with E-state index in [0.717, 1.165) is 0 Å². The van der Waals surface area contributed by atoms with E-state index in [-0.39, 0.29) is 22.2 Å². The fraction of sp³-hybridized carbons (Fsp3) is 0.250. The molecule has 0 aliphatic rings. The van der Waals surface area contributed by atoms with Crippen LogP contribution in [0.4, 0.5) is 5.69 Å². The number of aliphatic hydroxyl groups is 1. The molecule has 9 heteroatoms. The fourth-order valence-electron chi connectivity index (χ4n) is 1.61. The van der Waals surface area contributed by atoms with Crippen molar-refractivity contribution in [3.8, 4) is 0 Å². The van der Waals surface area contributed by atoms with Crippen LogP contribution in [-0.4, -0.2) is 29.9 Å². The Morgan fingerprint density at radius 2 is 2.10 bits per heavy atom. The van der Waals surface area contributed by atoms with Crippen LogP contribution in [0.1, 0.15) is 6.42 Å². The average molecular weight is 350 g/mol. The number of benzene rings is 1. The largest absolute Gasteiger partial charge is 0.396 e. The monoisotopic (exact) mass is 349 g/mol. The number of sulfonamides is 1. The number of nitrogens with one attached hydrogen (secondary N) is 1. The van der Waals surface area contributed by atoms with E-state index < -0.39 is 10.0 Å².